The fourth-order valence-corrected chi connectivity index (χ4v) is 3.91. The van der Waals surface area contributed by atoms with Gasteiger partial charge in [0.1, 0.15) is 5.65 Å². The second-order valence-corrected chi connectivity index (χ2v) is 7.90. The van der Waals surface area contributed by atoms with Crippen molar-refractivity contribution in [1.82, 2.24) is 24.7 Å². The van der Waals surface area contributed by atoms with Crippen molar-refractivity contribution < 1.29 is 4.79 Å². The second-order valence-electron chi connectivity index (χ2n) is 7.90. The van der Waals surface area contributed by atoms with E-state index in [-0.39, 0.29) is 5.91 Å². The van der Waals surface area contributed by atoms with E-state index >= 15 is 0 Å². The van der Waals surface area contributed by atoms with Crippen LogP contribution >= 0.6 is 0 Å². The number of nitrogens with zero attached hydrogens (tertiary/aromatic N) is 4. The van der Waals surface area contributed by atoms with Gasteiger partial charge in [-0.15, -0.1) is 0 Å². The summed E-state index contributed by atoms with van der Waals surface area (Å²) >= 11 is 0. The largest absolute Gasteiger partial charge is 0.346 e. The first-order chi connectivity index (χ1) is 16.0. The molecule has 0 fully saturated rings. The number of amides is 1. The predicted octanol–water partition coefficient (Wildman–Crippen LogP) is 5.13. The summed E-state index contributed by atoms with van der Waals surface area (Å²) in [4.78, 5) is 24.2. The van der Waals surface area contributed by atoms with Crippen LogP contribution in [0.1, 0.15) is 5.69 Å². The summed E-state index contributed by atoms with van der Waals surface area (Å²) in [6, 6.07) is 12.1. The summed E-state index contributed by atoms with van der Waals surface area (Å²) in [5.41, 5.74) is 8.36. The first-order valence-corrected chi connectivity index (χ1v) is 10.5. The lowest BCUT2D eigenvalue weighted by molar-refractivity contribution is -0.111. The molecule has 33 heavy (non-hydrogen) atoms. The maximum Gasteiger partial charge on any atom is 0.247 e. The summed E-state index contributed by atoms with van der Waals surface area (Å²) in [5, 5.41) is 8.17. The van der Waals surface area contributed by atoms with E-state index in [2.05, 4.69) is 50.1 Å². The number of pyridine rings is 2. The van der Waals surface area contributed by atoms with Crippen molar-refractivity contribution in [3.05, 3.63) is 85.7 Å². The molecule has 2 N–H and O–H groups in total. The zero-order chi connectivity index (χ0) is 22.9. The molecule has 0 aliphatic rings. The van der Waals surface area contributed by atoms with Gasteiger partial charge in [0.15, 0.2) is 0 Å². The Labute approximate surface area is 190 Å². The number of H-pyrrole nitrogens is 1. The van der Waals surface area contributed by atoms with E-state index < -0.39 is 0 Å². The number of aromatic amines is 1. The van der Waals surface area contributed by atoms with Gasteiger partial charge in [-0.3, -0.25) is 14.5 Å². The average Bonchev–Trinajstić information content (AvgIpc) is 3.44. The molecular formula is C26H22N6O. The highest BCUT2D eigenvalue weighted by Crippen LogP contribution is 2.34. The Morgan fingerprint density at radius 2 is 1.85 bits per heavy atom. The SMILES string of the molecule is C=CC(=O)Nc1cc(-c2cnc3[nH]cc(-c4ccnc(C)c4)c3c2)cc(-c2cnn(C)c2)c1. The second kappa shape index (κ2) is 8.20. The fraction of sp³-hybridized carbons (Fsp3) is 0.0769. The Kier molecular flexibility index (Phi) is 5.06. The van der Waals surface area contributed by atoms with Crippen LogP contribution in [0.4, 0.5) is 5.69 Å². The minimum absolute atomic E-state index is 0.265. The van der Waals surface area contributed by atoms with E-state index in [4.69, 9.17) is 0 Å². The van der Waals surface area contributed by atoms with E-state index in [0.29, 0.717) is 5.69 Å². The predicted molar refractivity (Wildman–Crippen MR) is 131 cm³/mol. The number of nitrogens with one attached hydrogen (secondary N) is 2. The Morgan fingerprint density at radius 3 is 2.58 bits per heavy atom. The Morgan fingerprint density at radius 1 is 1.03 bits per heavy atom. The highest BCUT2D eigenvalue weighted by Gasteiger charge is 2.12. The van der Waals surface area contributed by atoms with Crippen molar-refractivity contribution in [2.75, 3.05) is 5.32 Å². The third kappa shape index (κ3) is 4.04. The molecule has 5 aromatic rings. The summed E-state index contributed by atoms with van der Waals surface area (Å²) in [6.45, 7) is 5.53. The lowest BCUT2D eigenvalue weighted by atomic mass is 9.98. The Hall–Kier alpha value is -4.52. The molecule has 0 bridgehead atoms. The molecule has 4 heterocycles. The number of hydrogen-bond donors (Lipinski definition) is 2. The van der Waals surface area contributed by atoms with Gasteiger partial charge in [0, 0.05) is 65.3 Å². The number of benzene rings is 1. The van der Waals surface area contributed by atoms with E-state index in [1.165, 1.54) is 6.08 Å². The fourth-order valence-electron chi connectivity index (χ4n) is 3.91. The van der Waals surface area contributed by atoms with Gasteiger partial charge in [0.05, 0.1) is 6.20 Å². The molecule has 0 saturated heterocycles. The number of rotatable bonds is 5. The topological polar surface area (TPSA) is 88.5 Å². The van der Waals surface area contributed by atoms with Gasteiger partial charge in [-0.05, 0) is 66.1 Å². The highest BCUT2D eigenvalue weighted by atomic mass is 16.1. The molecular weight excluding hydrogens is 412 g/mol. The van der Waals surface area contributed by atoms with Crippen LogP contribution in [0.3, 0.4) is 0 Å². The van der Waals surface area contributed by atoms with E-state index in [1.807, 2.05) is 57.0 Å². The van der Waals surface area contributed by atoms with Crippen molar-refractivity contribution in [3.8, 4) is 33.4 Å². The van der Waals surface area contributed by atoms with Crippen LogP contribution in [-0.2, 0) is 11.8 Å². The summed E-state index contributed by atoms with van der Waals surface area (Å²) < 4.78 is 1.75. The molecule has 0 aliphatic carbocycles. The molecule has 1 aromatic carbocycles. The van der Waals surface area contributed by atoms with Crippen molar-refractivity contribution in [3.63, 3.8) is 0 Å². The van der Waals surface area contributed by atoms with E-state index in [1.54, 1.807) is 10.9 Å². The molecule has 0 atom stereocenters. The number of carbonyl (C=O) groups is 1. The van der Waals surface area contributed by atoms with Crippen LogP contribution in [0.2, 0.25) is 0 Å². The third-order valence-electron chi connectivity index (χ3n) is 5.50. The number of carbonyl (C=O) groups excluding carboxylic acids is 1. The zero-order valence-electron chi connectivity index (χ0n) is 18.3. The van der Waals surface area contributed by atoms with Crippen LogP contribution in [0.25, 0.3) is 44.4 Å². The maximum atomic E-state index is 12.0. The molecule has 0 saturated carbocycles. The Bertz CT molecular complexity index is 1510. The van der Waals surface area contributed by atoms with Gasteiger partial charge < -0.3 is 10.3 Å². The molecule has 7 heteroatoms. The van der Waals surface area contributed by atoms with Crippen molar-refractivity contribution in [2.45, 2.75) is 6.92 Å². The summed E-state index contributed by atoms with van der Waals surface area (Å²) in [6.07, 6.45) is 10.6. The summed E-state index contributed by atoms with van der Waals surface area (Å²) in [7, 11) is 1.87. The molecule has 5 rings (SSSR count). The van der Waals surface area contributed by atoms with Crippen LogP contribution < -0.4 is 5.32 Å². The third-order valence-corrected chi connectivity index (χ3v) is 5.50. The number of fused-ring (bicyclic) bond motifs is 1. The van der Waals surface area contributed by atoms with Crippen molar-refractivity contribution in [1.29, 1.82) is 0 Å². The molecule has 0 aliphatic heterocycles. The summed E-state index contributed by atoms with van der Waals surface area (Å²) in [5.74, 6) is -0.265. The molecule has 0 unspecified atom stereocenters. The van der Waals surface area contributed by atoms with Crippen molar-refractivity contribution in [2.24, 2.45) is 7.05 Å². The molecule has 7 nitrogen and oxygen atoms in total. The monoisotopic (exact) mass is 434 g/mol. The molecule has 4 aromatic heterocycles. The molecule has 0 radical (unpaired) electrons. The van der Waals surface area contributed by atoms with Gasteiger partial charge in [-0.2, -0.15) is 5.10 Å². The number of aryl methyl sites for hydroxylation is 2. The molecule has 162 valence electrons. The standard InChI is InChI=1S/C26H22N6O/c1-4-25(33)31-22-9-18(8-19(10-22)21-13-30-32(3)15-21)20-11-23-24(14-29-26(23)28-12-20)17-5-6-27-16(2)7-17/h4-15H,1H2,2-3H3,(H,28,29)(H,31,33). The van der Waals surface area contributed by atoms with Crippen LogP contribution in [-0.4, -0.2) is 30.6 Å². The van der Waals surface area contributed by atoms with Gasteiger partial charge >= 0.3 is 0 Å². The number of anilines is 1. The zero-order valence-corrected chi connectivity index (χ0v) is 18.3. The normalized spacial score (nSPS) is 11.0. The van der Waals surface area contributed by atoms with Crippen LogP contribution in [0.5, 0.6) is 0 Å². The average molecular weight is 435 g/mol. The van der Waals surface area contributed by atoms with Crippen LogP contribution in [0.15, 0.2) is 80.0 Å². The minimum atomic E-state index is -0.265. The first kappa shape index (κ1) is 20.4. The lowest BCUT2D eigenvalue weighted by Crippen LogP contribution is -2.07. The Balaban J connectivity index is 1.65. The van der Waals surface area contributed by atoms with Gasteiger partial charge in [0.25, 0.3) is 0 Å². The van der Waals surface area contributed by atoms with E-state index in [9.17, 15) is 4.79 Å². The van der Waals surface area contributed by atoms with E-state index in [0.717, 1.165) is 50.1 Å². The first-order valence-electron chi connectivity index (χ1n) is 10.5. The quantitative estimate of drug-likeness (QED) is 0.376. The maximum absolute atomic E-state index is 12.0. The lowest BCUT2D eigenvalue weighted by Gasteiger charge is -2.10. The highest BCUT2D eigenvalue weighted by molar-refractivity contribution is 6.00. The molecule has 1 amide bonds. The minimum Gasteiger partial charge on any atom is -0.346 e. The van der Waals surface area contributed by atoms with Gasteiger partial charge in [-0.1, -0.05) is 6.58 Å². The van der Waals surface area contributed by atoms with Gasteiger partial charge in [-0.25, -0.2) is 4.98 Å². The smallest absolute Gasteiger partial charge is 0.247 e. The van der Waals surface area contributed by atoms with Gasteiger partial charge in [0.2, 0.25) is 5.91 Å². The number of hydrogen-bond acceptors (Lipinski definition) is 4. The van der Waals surface area contributed by atoms with Crippen LogP contribution in [0, 0.1) is 6.92 Å². The molecule has 0 spiro atoms. The number of aromatic nitrogens is 5. The van der Waals surface area contributed by atoms with Crippen molar-refractivity contribution >= 4 is 22.6 Å².